The Balaban J connectivity index is 1.55. The van der Waals surface area contributed by atoms with Gasteiger partial charge in [-0.2, -0.15) is 0 Å². The van der Waals surface area contributed by atoms with E-state index in [9.17, 15) is 10.1 Å². The quantitative estimate of drug-likeness (QED) is 0.416. The first kappa shape index (κ1) is 14.3. The molecule has 22 heavy (non-hydrogen) atoms. The Hall–Kier alpha value is -2.66. The number of hydrogen-bond acceptors (Lipinski definition) is 2. The fraction of sp³-hybridized carbons (Fsp3) is 0.176. The summed E-state index contributed by atoms with van der Waals surface area (Å²) in [6.07, 6.45) is 3.03. The SMILES string of the molecule is O=[N+]([O-])c1cccc(C[NH2+]CCc2c[nH]c3ccccc23)c1. The Morgan fingerprint density at radius 3 is 2.86 bits per heavy atom. The van der Waals surface area contributed by atoms with E-state index < -0.39 is 0 Å². The number of aromatic nitrogens is 1. The topological polar surface area (TPSA) is 75.5 Å². The van der Waals surface area contributed by atoms with Crippen LogP contribution in [0.5, 0.6) is 0 Å². The number of nitrogens with zero attached hydrogens (tertiary/aromatic N) is 1. The number of H-pyrrole nitrogens is 1. The molecule has 0 amide bonds. The van der Waals surface area contributed by atoms with Crippen molar-refractivity contribution in [3.05, 3.63) is 76.0 Å². The molecule has 1 heterocycles. The van der Waals surface area contributed by atoms with E-state index in [4.69, 9.17) is 0 Å². The average Bonchev–Trinajstić information content (AvgIpc) is 2.95. The van der Waals surface area contributed by atoms with Crippen LogP contribution in [-0.4, -0.2) is 16.5 Å². The predicted molar refractivity (Wildman–Crippen MR) is 85.6 cm³/mol. The van der Waals surface area contributed by atoms with E-state index >= 15 is 0 Å². The average molecular weight is 296 g/mol. The second-order valence-corrected chi connectivity index (χ2v) is 5.32. The van der Waals surface area contributed by atoms with Gasteiger partial charge in [0.1, 0.15) is 6.54 Å². The summed E-state index contributed by atoms with van der Waals surface area (Å²) in [5.41, 5.74) is 3.61. The van der Waals surface area contributed by atoms with Gasteiger partial charge >= 0.3 is 0 Å². The third-order valence-electron chi connectivity index (χ3n) is 3.79. The number of benzene rings is 2. The van der Waals surface area contributed by atoms with Gasteiger partial charge in [0.15, 0.2) is 0 Å². The number of nitro groups is 1. The minimum Gasteiger partial charge on any atom is -0.361 e. The van der Waals surface area contributed by atoms with Gasteiger partial charge in [0.25, 0.3) is 5.69 Å². The van der Waals surface area contributed by atoms with Gasteiger partial charge < -0.3 is 10.3 Å². The third-order valence-corrected chi connectivity index (χ3v) is 3.79. The molecule has 0 saturated heterocycles. The molecule has 0 spiro atoms. The molecule has 3 N–H and O–H groups in total. The lowest BCUT2D eigenvalue weighted by Gasteiger charge is -2.02. The highest BCUT2D eigenvalue weighted by atomic mass is 16.6. The van der Waals surface area contributed by atoms with Crippen LogP contribution in [0.4, 0.5) is 5.69 Å². The van der Waals surface area contributed by atoms with Gasteiger partial charge in [0.05, 0.1) is 11.5 Å². The van der Waals surface area contributed by atoms with E-state index in [0.717, 1.165) is 30.6 Å². The first-order valence-corrected chi connectivity index (χ1v) is 7.34. The van der Waals surface area contributed by atoms with E-state index in [-0.39, 0.29) is 10.6 Å². The molecule has 3 rings (SSSR count). The Labute approximate surface area is 128 Å². The fourth-order valence-corrected chi connectivity index (χ4v) is 2.66. The van der Waals surface area contributed by atoms with E-state index in [1.54, 1.807) is 12.1 Å². The standard InChI is InChI=1S/C17H17N3O2/c21-20(22)15-5-3-4-13(10-15)11-18-9-8-14-12-19-17-7-2-1-6-16(14)17/h1-7,10,12,18-19H,8-9,11H2/p+1. The van der Waals surface area contributed by atoms with Gasteiger partial charge in [0.2, 0.25) is 0 Å². The van der Waals surface area contributed by atoms with Gasteiger partial charge in [-0.1, -0.05) is 30.3 Å². The van der Waals surface area contributed by atoms with Crippen LogP contribution in [0.15, 0.2) is 54.7 Å². The maximum Gasteiger partial charge on any atom is 0.269 e. The molecular weight excluding hydrogens is 278 g/mol. The number of rotatable bonds is 6. The van der Waals surface area contributed by atoms with Crippen LogP contribution in [0.25, 0.3) is 10.9 Å². The number of hydrogen-bond donors (Lipinski definition) is 2. The van der Waals surface area contributed by atoms with Crippen LogP contribution in [-0.2, 0) is 13.0 Å². The molecule has 0 saturated carbocycles. The summed E-state index contributed by atoms with van der Waals surface area (Å²) in [6.45, 7) is 1.70. The zero-order chi connectivity index (χ0) is 15.4. The largest absolute Gasteiger partial charge is 0.361 e. The summed E-state index contributed by atoms with van der Waals surface area (Å²) in [5.74, 6) is 0. The molecule has 112 valence electrons. The molecule has 0 bridgehead atoms. The first-order chi connectivity index (χ1) is 10.7. The molecule has 0 aliphatic rings. The molecule has 2 aromatic carbocycles. The number of quaternary nitrogens is 1. The summed E-state index contributed by atoms with van der Waals surface area (Å²) in [4.78, 5) is 13.7. The van der Waals surface area contributed by atoms with E-state index in [1.165, 1.54) is 17.0 Å². The lowest BCUT2D eigenvalue weighted by molar-refractivity contribution is -0.670. The van der Waals surface area contributed by atoms with Crippen LogP contribution >= 0.6 is 0 Å². The summed E-state index contributed by atoms with van der Waals surface area (Å²) < 4.78 is 0. The summed E-state index contributed by atoms with van der Waals surface area (Å²) in [7, 11) is 0. The number of nitro benzene ring substituents is 1. The van der Waals surface area contributed by atoms with Crippen molar-refractivity contribution in [1.29, 1.82) is 0 Å². The number of non-ortho nitro benzene ring substituents is 1. The molecule has 0 fully saturated rings. The molecule has 0 unspecified atom stereocenters. The Morgan fingerprint density at radius 2 is 2.00 bits per heavy atom. The Kier molecular flexibility index (Phi) is 4.16. The maximum atomic E-state index is 10.8. The van der Waals surface area contributed by atoms with Crippen molar-refractivity contribution < 1.29 is 10.2 Å². The second kappa shape index (κ2) is 6.41. The van der Waals surface area contributed by atoms with Crippen molar-refractivity contribution in [2.75, 3.05) is 6.54 Å². The predicted octanol–water partition coefficient (Wildman–Crippen LogP) is 2.38. The van der Waals surface area contributed by atoms with Gasteiger partial charge in [-0.25, -0.2) is 0 Å². The number of nitrogens with one attached hydrogen (secondary N) is 1. The zero-order valence-corrected chi connectivity index (χ0v) is 12.2. The Morgan fingerprint density at radius 1 is 1.14 bits per heavy atom. The van der Waals surface area contributed by atoms with Crippen LogP contribution in [0, 0.1) is 10.1 Å². The van der Waals surface area contributed by atoms with Crippen LogP contribution < -0.4 is 5.32 Å². The van der Waals surface area contributed by atoms with E-state index in [2.05, 4.69) is 28.6 Å². The molecule has 0 radical (unpaired) electrons. The molecule has 0 aliphatic carbocycles. The van der Waals surface area contributed by atoms with E-state index in [0.29, 0.717) is 0 Å². The highest BCUT2D eigenvalue weighted by Gasteiger charge is 2.07. The molecule has 5 nitrogen and oxygen atoms in total. The molecule has 3 aromatic rings. The normalized spacial score (nSPS) is 10.9. The zero-order valence-electron chi connectivity index (χ0n) is 12.2. The summed E-state index contributed by atoms with van der Waals surface area (Å²) >= 11 is 0. The highest BCUT2D eigenvalue weighted by Crippen LogP contribution is 2.17. The number of aromatic amines is 1. The Bertz CT molecular complexity index is 795. The summed E-state index contributed by atoms with van der Waals surface area (Å²) in [6, 6.07) is 15.1. The van der Waals surface area contributed by atoms with Crippen LogP contribution in [0.1, 0.15) is 11.1 Å². The number of nitrogens with two attached hydrogens (primary N) is 1. The van der Waals surface area contributed by atoms with Gasteiger partial charge in [-0.3, -0.25) is 10.1 Å². The molecule has 1 aromatic heterocycles. The van der Waals surface area contributed by atoms with Crippen molar-refractivity contribution in [2.24, 2.45) is 0 Å². The fourth-order valence-electron chi connectivity index (χ4n) is 2.66. The smallest absolute Gasteiger partial charge is 0.269 e. The minimum atomic E-state index is -0.352. The van der Waals surface area contributed by atoms with Crippen LogP contribution in [0.3, 0.4) is 0 Å². The van der Waals surface area contributed by atoms with Crippen molar-refractivity contribution in [1.82, 2.24) is 4.98 Å². The van der Waals surface area contributed by atoms with Crippen molar-refractivity contribution in [3.8, 4) is 0 Å². The molecular formula is C17H18N3O2+. The van der Waals surface area contributed by atoms with Crippen LogP contribution in [0.2, 0.25) is 0 Å². The molecule has 5 heteroatoms. The van der Waals surface area contributed by atoms with Gasteiger partial charge in [-0.05, 0) is 11.6 Å². The highest BCUT2D eigenvalue weighted by molar-refractivity contribution is 5.82. The first-order valence-electron chi connectivity index (χ1n) is 7.34. The third kappa shape index (κ3) is 3.15. The van der Waals surface area contributed by atoms with E-state index in [1.807, 2.05) is 18.2 Å². The monoisotopic (exact) mass is 296 g/mol. The second-order valence-electron chi connectivity index (χ2n) is 5.32. The molecule has 0 atom stereocenters. The molecule has 0 aliphatic heterocycles. The van der Waals surface area contributed by atoms with Crippen molar-refractivity contribution >= 4 is 16.6 Å². The van der Waals surface area contributed by atoms with Gasteiger partial charge in [0, 0.05) is 41.2 Å². The summed E-state index contributed by atoms with van der Waals surface area (Å²) in [5, 5.41) is 14.2. The minimum absolute atomic E-state index is 0.155. The maximum absolute atomic E-state index is 10.8. The number of fused-ring (bicyclic) bond motifs is 1. The lowest BCUT2D eigenvalue weighted by Crippen LogP contribution is -2.83. The lowest BCUT2D eigenvalue weighted by atomic mass is 10.1. The van der Waals surface area contributed by atoms with Crippen molar-refractivity contribution in [2.45, 2.75) is 13.0 Å². The van der Waals surface area contributed by atoms with Gasteiger partial charge in [-0.15, -0.1) is 0 Å². The number of para-hydroxylation sites is 1. The van der Waals surface area contributed by atoms with Crippen molar-refractivity contribution in [3.63, 3.8) is 0 Å².